The van der Waals surface area contributed by atoms with E-state index in [0.29, 0.717) is 47.2 Å². The number of rotatable bonds is 12. The molecule has 3 aromatic carbocycles. The summed E-state index contributed by atoms with van der Waals surface area (Å²) in [6.45, 7) is 14.1. The van der Waals surface area contributed by atoms with E-state index in [-0.39, 0.29) is 41.8 Å². The molecular formula is C55H47F3N8O4RuS. The van der Waals surface area contributed by atoms with Crippen molar-refractivity contribution in [2.45, 2.75) is 58.5 Å². The number of ether oxygens (including phenoxy) is 2. The van der Waals surface area contributed by atoms with E-state index < -0.39 is 11.9 Å². The van der Waals surface area contributed by atoms with Crippen molar-refractivity contribution in [3.05, 3.63) is 185 Å². The molecular weight excluding hydrogens is 1030 g/mol. The zero-order valence-electron chi connectivity index (χ0n) is 39.8. The fourth-order valence-electron chi connectivity index (χ4n) is 6.93. The van der Waals surface area contributed by atoms with Crippen LogP contribution in [0.2, 0.25) is 0 Å². The second kappa shape index (κ2) is 24.8. The maximum Gasteiger partial charge on any atom is 2.00 e. The summed E-state index contributed by atoms with van der Waals surface area (Å²) >= 11 is 3.70. The van der Waals surface area contributed by atoms with Gasteiger partial charge < -0.3 is 30.0 Å². The van der Waals surface area contributed by atoms with Crippen LogP contribution in [0.1, 0.15) is 69.5 Å². The summed E-state index contributed by atoms with van der Waals surface area (Å²) in [5.41, 5.74) is 9.28. The third-order valence-corrected chi connectivity index (χ3v) is 10.6. The summed E-state index contributed by atoms with van der Waals surface area (Å²) in [5.74, 6) is 0.584. The Labute approximate surface area is 433 Å². The average molecular weight is 1070 g/mol. The minimum atomic E-state index is -4.46. The molecule has 0 aliphatic carbocycles. The van der Waals surface area contributed by atoms with Crippen LogP contribution in [-0.4, -0.2) is 43.1 Å². The van der Waals surface area contributed by atoms with Crippen molar-refractivity contribution >= 4 is 59.5 Å². The van der Waals surface area contributed by atoms with Gasteiger partial charge in [-0.25, -0.2) is 4.98 Å². The van der Waals surface area contributed by atoms with E-state index in [0.717, 1.165) is 34.3 Å². The molecule has 0 aliphatic rings. The Hall–Kier alpha value is -7.84. The van der Waals surface area contributed by atoms with Crippen LogP contribution in [0.4, 0.5) is 30.2 Å². The number of hydrogen-bond acceptors (Lipinski definition) is 11. The van der Waals surface area contributed by atoms with Crippen LogP contribution < -0.4 is 19.5 Å². The largest absolute Gasteiger partial charge is 2.00 e. The third-order valence-electron chi connectivity index (χ3n) is 10.6. The predicted molar refractivity (Wildman–Crippen MR) is 273 cm³/mol. The molecule has 366 valence electrons. The monoisotopic (exact) mass is 1070 g/mol. The van der Waals surface area contributed by atoms with Gasteiger partial charge in [-0.2, -0.15) is 18.3 Å². The SMILES string of the molecule is CC(C)(C)c1ccc(N(c2ccc(/C=C/c3ccnc(-c4cc(OC=O)cc(-c5cc(OC=O)ccn5)n4)c3)cc2)c2ccc(C(C)(C)C)cc2)cc1.FC(F)(F)c1cc(-c2ccccn2)[n-]n1.[N-]=C=S.[Ru+2]. The van der Waals surface area contributed by atoms with Crippen LogP contribution in [0, 0.1) is 0 Å². The summed E-state index contributed by atoms with van der Waals surface area (Å²) in [4.78, 5) is 41.9. The van der Waals surface area contributed by atoms with Gasteiger partial charge in [0.1, 0.15) is 17.2 Å². The molecule has 0 atom stereocenters. The summed E-state index contributed by atoms with van der Waals surface area (Å²) in [6.07, 6.45) is 4.30. The van der Waals surface area contributed by atoms with Gasteiger partial charge in [0.2, 0.25) is 0 Å². The van der Waals surface area contributed by atoms with Gasteiger partial charge in [-0.15, -0.1) is 0 Å². The molecule has 17 heteroatoms. The van der Waals surface area contributed by atoms with Crippen molar-refractivity contribution in [2.24, 2.45) is 0 Å². The number of benzene rings is 3. The Kier molecular flexibility index (Phi) is 19.0. The zero-order chi connectivity index (χ0) is 51.2. The Balaban J connectivity index is 0.000000426. The van der Waals surface area contributed by atoms with E-state index in [1.165, 1.54) is 28.7 Å². The van der Waals surface area contributed by atoms with Gasteiger partial charge >= 0.3 is 25.7 Å². The second-order valence-electron chi connectivity index (χ2n) is 17.6. The van der Waals surface area contributed by atoms with Gasteiger partial charge in [-0.05, 0) is 106 Å². The molecule has 72 heavy (non-hydrogen) atoms. The number of pyridine rings is 4. The number of anilines is 3. The molecule has 0 saturated carbocycles. The molecule has 0 N–H and O–H groups in total. The van der Waals surface area contributed by atoms with Gasteiger partial charge in [-0.3, -0.25) is 24.5 Å². The molecule has 0 radical (unpaired) electrons. The van der Waals surface area contributed by atoms with Crippen molar-refractivity contribution in [3.8, 4) is 45.7 Å². The first-order chi connectivity index (χ1) is 33.9. The average Bonchev–Trinajstić information content (AvgIpc) is 3.87. The zero-order valence-corrected chi connectivity index (χ0v) is 42.4. The van der Waals surface area contributed by atoms with Crippen LogP contribution in [0.15, 0.2) is 152 Å². The van der Waals surface area contributed by atoms with Gasteiger partial charge in [0.15, 0.2) is 0 Å². The molecule has 0 amide bonds. The maximum atomic E-state index is 12.2. The van der Waals surface area contributed by atoms with Crippen molar-refractivity contribution in [1.29, 1.82) is 0 Å². The first-order valence-corrected chi connectivity index (χ1v) is 22.3. The first kappa shape index (κ1) is 55.1. The van der Waals surface area contributed by atoms with E-state index in [4.69, 9.17) is 19.9 Å². The van der Waals surface area contributed by atoms with E-state index in [9.17, 15) is 22.8 Å². The standard InChI is InChI=1S/C45H42N4O4.C9H5F3N3.CNS.Ru/c1-44(2,3)33-11-17-36(18-12-33)49(37-19-13-34(14-20-37)45(4,5)6)35-15-9-31(10-16-35)7-8-32-21-23-46-40(25-32)42-27-39(53-30-51)28-43(48-42)41-26-38(52-29-50)22-24-47-41;10-9(11,12)8-5-7(14-15-8)6-3-1-2-4-13-6;2-1-3;/h7-30H,1-6H3;1-5H;;/q;2*-1;+2/b8-7+;;;. The number of aromatic nitrogens is 6. The fourth-order valence-corrected chi connectivity index (χ4v) is 6.93. The molecule has 5 heterocycles. The summed E-state index contributed by atoms with van der Waals surface area (Å²) in [7, 11) is 0. The molecule has 5 aromatic heterocycles. The minimum Gasteiger partial charge on any atom is -0.753 e. The Morgan fingerprint density at radius 3 is 1.54 bits per heavy atom. The van der Waals surface area contributed by atoms with Crippen molar-refractivity contribution < 1.29 is 51.7 Å². The van der Waals surface area contributed by atoms with Crippen LogP contribution >= 0.6 is 12.2 Å². The molecule has 0 aliphatic heterocycles. The molecule has 0 spiro atoms. The van der Waals surface area contributed by atoms with Crippen molar-refractivity contribution in [1.82, 2.24) is 30.1 Å². The number of hydrogen-bond donors (Lipinski definition) is 0. The smallest absolute Gasteiger partial charge is 0.753 e. The topological polar surface area (TPSA) is 157 Å². The van der Waals surface area contributed by atoms with Crippen molar-refractivity contribution in [3.63, 3.8) is 0 Å². The summed E-state index contributed by atoms with van der Waals surface area (Å²) < 4.78 is 46.7. The van der Waals surface area contributed by atoms with Crippen LogP contribution in [-0.2, 0) is 46.1 Å². The molecule has 8 aromatic rings. The first-order valence-electron chi connectivity index (χ1n) is 21.9. The number of carbonyl (C=O) groups is 2. The van der Waals surface area contributed by atoms with Gasteiger partial charge in [0, 0.05) is 59.5 Å². The van der Waals surface area contributed by atoms with Crippen LogP contribution in [0.5, 0.6) is 11.5 Å². The molecule has 0 fully saturated rings. The van der Waals surface area contributed by atoms with Crippen molar-refractivity contribution in [2.75, 3.05) is 4.90 Å². The molecule has 0 bridgehead atoms. The summed E-state index contributed by atoms with van der Waals surface area (Å²) in [5, 5.41) is 14.9. The van der Waals surface area contributed by atoms with Gasteiger partial charge in [0.25, 0.3) is 12.9 Å². The Bertz CT molecular complexity index is 3060. The number of nitrogens with zero attached hydrogens (tertiary/aromatic N) is 8. The van der Waals surface area contributed by atoms with Crippen LogP contribution in [0.3, 0.4) is 0 Å². The van der Waals surface area contributed by atoms with E-state index in [1.54, 1.807) is 48.7 Å². The Morgan fingerprint density at radius 2 is 1.06 bits per heavy atom. The van der Waals surface area contributed by atoms with Gasteiger partial charge in [0.05, 0.1) is 22.8 Å². The number of halogens is 3. The van der Waals surface area contributed by atoms with E-state index in [1.807, 2.05) is 18.2 Å². The predicted octanol–water partition coefficient (Wildman–Crippen LogP) is 13.3. The van der Waals surface area contributed by atoms with Gasteiger partial charge in [-0.1, -0.05) is 114 Å². The normalized spacial score (nSPS) is 11.1. The Morgan fingerprint density at radius 1 is 0.583 bits per heavy atom. The molecule has 0 unspecified atom stereocenters. The number of thiocarbonyl (C=S) groups is 1. The third kappa shape index (κ3) is 15.1. The number of isothiocyanates is 1. The number of carbonyl (C=O) groups excluding carboxylic acids is 2. The molecule has 12 nitrogen and oxygen atoms in total. The maximum absolute atomic E-state index is 12.2. The summed E-state index contributed by atoms with van der Waals surface area (Å²) in [6, 6.07) is 42.1. The molecule has 0 saturated heterocycles. The fraction of sp³-hybridized carbons (Fsp3) is 0.164. The quantitative estimate of drug-likeness (QED) is 0.0494. The minimum absolute atomic E-state index is 0. The molecule has 8 rings (SSSR count). The second-order valence-corrected chi connectivity index (χ2v) is 17.8. The van der Waals surface area contributed by atoms with Crippen LogP contribution in [0.25, 0.3) is 51.7 Å². The number of alkyl halides is 3. The van der Waals surface area contributed by atoms with E-state index in [2.05, 4.69) is 163 Å². The van der Waals surface area contributed by atoms with E-state index >= 15 is 0 Å².